The van der Waals surface area contributed by atoms with Gasteiger partial charge in [-0.3, -0.25) is 4.57 Å². The van der Waals surface area contributed by atoms with E-state index in [4.69, 9.17) is 4.52 Å². The first-order valence-corrected chi connectivity index (χ1v) is 7.15. The first-order chi connectivity index (χ1) is 11.3. The van der Waals surface area contributed by atoms with Crippen molar-refractivity contribution < 1.29 is 4.52 Å². The second-order valence-corrected chi connectivity index (χ2v) is 5.17. The van der Waals surface area contributed by atoms with Crippen LogP contribution in [0.15, 0.2) is 65.8 Å². The number of imidazole rings is 1. The molecule has 4 aromatic rings. The third kappa shape index (κ3) is 2.62. The number of hydrogen-bond donors (Lipinski definition) is 0. The SMILES string of the molecule is Cc1cccc(-c2nc(-c3ccc(-n4ccnc4)nc3)no2)c1. The molecule has 0 fully saturated rings. The van der Waals surface area contributed by atoms with Gasteiger partial charge in [0.1, 0.15) is 12.1 Å². The van der Waals surface area contributed by atoms with E-state index in [1.165, 1.54) is 0 Å². The molecule has 0 aliphatic carbocycles. The molecule has 0 unspecified atom stereocenters. The van der Waals surface area contributed by atoms with E-state index in [-0.39, 0.29) is 0 Å². The van der Waals surface area contributed by atoms with E-state index in [9.17, 15) is 0 Å². The summed E-state index contributed by atoms with van der Waals surface area (Å²) in [6.07, 6.45) is 6.97. The molecule has 1 aromatic carbocycles. The van der Waals surface area contributed by atoms with Crippen molar-refractivity contribution in [3.8, 4) is 28.7 Å². The Morgan fingerprint density at radius 2 is 2.04 bits per heavy atom. The van der Waals surface area contributed by atoms with Crippen LogP contribution in [0, 0.1) is 6.92 Å². The number of rotatable bonds is 3. The topological polar surface area (TPSA) is 69.6 Å². The highest BCUT2D eigenvalue weighted by molar-refractivity contribution is 5.60. The molecule has 3 aromatic heterocycles. The Morgan fingerprint density at radius 1 is 1.09 bits per heavy atom. The molecule has 0 saturated carbocycles. The summed E-state index contributed by atoms with van der Waals surface area (Å²) in [6, 6.07) is 11.8. The molecule has 4 rings (SSSR count). The summed E-state index contributed by atoms with van der Waals surface area (Å²) in [5.74, 6) is 1.81. The highest BCUT2D eigenvalue weighted by Gasteiger charge is 2.11. The maximum absolute atomic E-state index is 5.36. The fourth-order valence-electron chi connectivity index (χ4n) is 2.30. The number of hydrogen-bond acceptors (Lipinski definition) is 5. The molecule has 0 spiro atoms. The molecule has 23 heavy (non-hydrogen) atoms. The summed E-state index contributed by atoms with van der Waals surface area (Å²) in [7, 11) is 0. The third-order valence-corrected chi connectivity index (χ3v) is 3.47. The lowest BCUT2D eigenvalue weighted by molar-refractivity contribution is 0.432. The van der Waals surface area contributed by atoms with Gasteiger partial charge in [0, 0.05) is 29.7 Å². The van der Waals surface area contributed by atoms with Gasteiger partial charge in [0.05, 0.1) is 0 Å². The highest BCUT2D eigenvalue weighted by atomic mass is 16.5. The minimum absolute atomic E-state index is 0.502. The van der Waals surface area contributed by atoms with Crippen LogP contribution in [0.3, 0.4) is 0 Å². The van der Waals surface area contributed by atoms with Crippen molar-refractivity contribution >= 4 is 0 Å². The fourth-order valence-corrected chi connectivity index (χ4v) is 2.30. The van der Waals surface area contributed by atoms with Gasteiger partial charge in [-0.25, -0.2) is 9.97 Å². The van der Waals surface area contributed by atoms with Gasteiger partial charge in [0.2, 0.25) is 5.82 Å². The van der Waals surface area contributed by atoms with Crippen molar-refractivity contribution in [1.29, 1.82) is 0 Å². The predicted molar refractivity (Wildman–Crippen MR) is 84.8 cm³/mol. The van der Waals surface area contributed by atoms with Crippen LogP contribution in [-0.2, 0) is 0 Å². The predicted octanol–water partition coefficient (Wildman–Crippen LogP) is 3.29. The van der Waals surface area contributed by atoms with Crippen LogP contribution < -0.4 is 0 Å². The van der Waals surface area contributed by atoms with Crippen molar-refractivity contribution in [2.45, 2.75) is 6.92 Å². The van der Waals surface area contributed by atoms with Gasteiger partial charge in [-0.2, -0.15) is 4.98 Å². The lowest BCUT2D eigenvalue weighted by Crippen LogP contribution is -1.94. The summed E-state index contributed by atoms with van der Waals surface area (Å²) < 4.78 is 7.19. The van der Waals surface area contributed by atoms with E-state index in [0.29, 0.717) is 11.7 Å². The Balaban J connectivity index is 1.64. The number of nitrogens with zero attached hydrogens (tertiary/aromatic N) is 5. The van der Waals surface area contributed by atoms with Crippen molar-refractivity contribution in [3.05, 3.63) is 66.9 Å². The summed E-state index contributed by atoms with van der Waals surface area (Å²) in [5, 5.41) is 4.04. The molecule has 0 atom stereocenters. The molecule has 0 bridgehead atoms. The zero-order valence-corrected chi connectivity index (χ0v) is 12.4. The standard InChI is InChI=1S/C17H13N5O/c1-12-3-2-4-13(9-12)17-20-16(21-23-17)14-5-6-15(19-10-14)22-8-7-18-11-22/h2-11H,1H3. The number of pyridine rings is 1. The third-order valence-electron chi connectivity index (χ3n) is 3.47. The van der Waals surface area contributed by atoms with Crippen LogP contribution in [0.2, 0.25) is 0 Å². The first kappa shape index (κ1) is 13.4. The number of aromatic nitrogens is 5. The van der Waals surface area contributed by atoms with Crippen LogP contribution in [0.4, 0.5) is 0 Å². The van der Waals surface area contributed by atoms with Gasteiger partial charge in [0.25, 0.3) is 5.89 Å². The largest absolute Gasteiger partial charge is 0.334 e. The lowest BCUT2D eigenvalue weighted by atomic mass is 10.1. The molecule has 3 heterocycles. The summed E-state index contributed by atoms with van der Waals surface area (Å²) in [4.78, 5) is 12.8. The van der Waals surface area contributed by atoms with Crippen LogP contribution in [0.1, 0.15) is 5.56 Å². The van der Waals surface area contributed by atoms with Gasteiger partial charge >= 0.3 is 0 Å². The van der Waals surface area contributed by atoms with E-state index in [0.717, 1.165) is 22.5 Å². The minimum Gasteiger partial charge on any atom is -0.334 e. The monoisotopic (exact) mass is 303 g/mol. The number of aryl methyl sites for hydroxylation is 1. The molecule has 0 saturated heterocycles. The van der Waals surface area contributed by atoms with Crippen LogP contribution in [-0.4, -0.2) is 24.7 Å². The molecule has 112 valence electrons. The Labute approximate surface area is 132 Å². The molecule has 6 heteroatoms. The van der Waals surface area contributed by atoms with Gasteiger partial charge in [0.15, 0.2) is 0 Å². The quantitative estimate of drug-likeness (QED) is 0.581. The highest BCUT2D eigenvalue weighted by Crippen LogP contribution is 2.22. The number of benzene rings is 1. The molecule has 6 nitrogen and oxygen atoms in total. The van der Waals surface area contributed by atoms with Crippen molar-refractivity contribution in [2.75, 3.05) is 0 Å². The van der Waals surface area contributed by atoms with Gasteiger partial charge in [-0.05, 0) is 31.2 Å². The van der Waals surface area contributed by atoms with Crippen molar-refractivity contribution in [2.24, 2.45) is 0 Å². The molecule has 0 N–H and O–H groups in total. The molecular formula is C17H13N5O. The minimum atomic E-state index is 0.502. The molecule has 0 radical (unpaired) electrons. The Morgan fingerprint density at radius 3 is 2.78 bits per heavy atom. The van der Waals surface area contributed by atoms with Gasteiger partial charge < -0.3 is 4.52 Å². The zero-order valence-electron chi connectivity index (χ0n) is 12.4. The molecule has 0 aliphatic rings. The average molecular weight is 303 g/mol. The Bertz CT molecular complexity index is 926. The molecular weight excluding hydrogens is 290 g/mol. The van der Waals surface area contributed by atoms with E-state index in [2.05, 4.69) is 20.1 Å². The maximum atomic E-state index is 5.36. The average Bonchev–Trinajstić information content (AvgIpc) is 3.27. The van der Waals surface area contributed by atoms with Crippen LogP contribution in [0.5, 0.6) is 0 Å². The lowest BCUT2D eigenvalue weighted by Gasteiger charge is -2.00. The van der Waals surface area contributed by atoms with Gasteiger partial charge in [-0.15, -0.1) is 0 Å². The Hall–Kier alpha value is -3.28. The van der Waals surface area contributed by atoms with Crippen LogP contribution in [0.25, 0.3) is 28.7 Å². The maximum Gasteiger partial charge on any atom is 0.258 e. The second kappa shape index (κ2) is 5.49. The van der Waals surface area contributed by atoms with E-state index < -0.39 is 0 Å². The van der Waals surface area contributed by atoms with Gasteiger partial charge in [-0.1, -0.05) is 22.9 Å². The van der Waals surface area contributed by atoms with Crippen LogP contribution >= 0.6 is 0 Å². The summed E-state index contributed by atoms with van der Waals surface area (Å²) in [5.41, 5.74) is 2.86. The smallest absolute Gasteiger partial charge is 0.258 e. The first-order valence-electron chi connectivity index (χ1n) is 7.15. The van der Waals surface area contributed by atoms with Crippen molar-refractivity contribution in [1.82, 2.24) is 24.7 Å². The van der Waals surface area contributed by atoms with Crippen molar-refractivity contribution in [3.63, 3.8) is 0 Å². The zero-order chi connectivity index (χ0) is 15.6. The Kier molecular flexibility index (Phi) is 3.20. The van der Waals surface area contributed by atoms with E-state index >= 15 is 0 Å². The molecule has 0 aliphatic heterocycles. The van der Waals surface area contributed by atoms with E-state index in [1.807, 2.05) is 54.1 Å². The normalized spacial score (nSPS) is 10.8. The summed E-state index contributed by atoms with van der Waals surface area (Å²) in [6.45, 7) is 2.03. The molecule has 0 amide bonds. The second-order valence-electron chi connectivity index (χ2n) is 5.17. The summed E-state index contributed by atoms with van der Waals surface area (Å²) >= 11 is 0. The fraction of sp³-hybridized carbons (Fsp3) is 0.0588. The van der Waals surface area contributed by atoms with E-state index in [1.54, 1.807) is 18.7 Å².